The summed E-state index contributed by atoms with van der Waals surface area (Å²) in [6.45, 7) is 1.27. The number of likely N-dealkylation sites (tertiary alicyclic amines) is 1. The molecule has 0 saturated carbocycles. The Morgan fingerprint density at radius 1 is 1.26 bits per heavy atom. The maximum Gasteiger partial charge on any atom is 0.237 e. The van der Waals surface area contributed by atoms with Crippen molar-refractivity contribution in [3.63, 3.8) is 0 Å². The zero-order valence-electron chi connectivity index (χ0n) is 10.5. The van der Waals surface area contributed by atoms with E-state index in [9.17, 15) is 17.6 Å². The van der Waals surface area contributed by atoms with Gasteiger partial charge >= 0.3 is 0 Å². The fraction of sp³-hybridized carbons (Fsp3) is 0.462. The largest absolute Gasteiger partial charge is 0.342 e. The number of sulfone groups is 1. The van der Waals surface area contributed by atoms with E-state index >= 15 is 0 Å². The van der Waals surface area contributed by atoms with Crippen LogP contribution in [0.3, 0.4) is 0 Å². The van der Waals surface area contributed by atoms with Gasteiger partial charge < -0.3 is 4.90 Å². The zero-order valence-corrected chi connectivity index (χ0v) is 11.3. The molecule has 1 amide bonds. The quantitative estimate of drug-likeness (QED) is 0.839. The van der Waals surface area contributed by atoms with E-state index in [0.29, 0.717) is 18.7 Å². The van der Waals surface area contributed by atoms with Gasteiger partial charge in [-0.05, 0) is 30.5 Å². The van der Waals surface area contributed by atoms with Crippen LogP contribution in [0.1, 0.15) is 18.4 Å². The van der Waals surface area contributed by atoms with Crippen LogP contribution in [0.25, 0.3) is 0 Å². The third-order valence-corrected chi connectivity index (χ3v) is 4.54. The predicted octanol–water partition coefficient (Wildman–Crippen LogP) is 1.36. The maximum absolute atomic E-state index is 13.0. The highest BCUT2D eigenvalue weighted by Gasteiger charge is 2.24. The highest BCUT2D eigenvalue weighted by atomic mass is 32.2. The minimum atomic E-state index is -3.55. The van der Waals surface area contributed by atoms with E-state index in [1.807, 2.05) is 0 Å². The van der Waals surface area contributed by atoms with E-state index in [1.54, 1.807) is 11.0 Å². The number of nitrogens with zero attached hydrogens (tertiary/aromatic N) is 1. The van der Waals surface area contributed by atoms with Crippen molar-refractivity contribution in [3.05, 3.63) is 35.6 Å². The number of hydrogen-bond acceptors (Lipinski definition) is 3. The lowest BCUT2D eigenvalue weighted by atomic mass is 10.2. The van der Waals surface area contributed by atoms with Gasteiger partial charge in [-0.25, -0.2) is 12.8 Å². The van der Waals surface area contributed by atoms with E-state index in [-0.39, 0.29) is 11.7 Å². The molecule has 0 radical (unpaired) electrons. The number of hydrogen-bond donors (Lipinski definition) is 0. The molecule has 6 heteroatoms. The van der Waals surface area contributed by atoms with Crippen molar-refractivity contribution in [2.45, 2.75) is 18.6 Å². The molecule has 2 rings (SSSR count). The summed E-state index contributed by atoms with van der Waals surface area (Å²) in [4.78, 5) is 13.4. The molecule has 1 aromatic rings. The van der Waals surface area contributed by atoms with E-state index in [1.165, 1.54) is 18.2 Å². The summed E-state index contributed by atoms with van der Waals surface area (Å²) in [7, 11) is -3.55. The molecule has 1 aliphatic heterocycles. The van der Waals surface area contributed by atoms with Crippen LogP contribution in [0, 0.1) is 5.82 Å². The second-order valence-electron chi connectivity index (χ2n) is 4.75. The van der Waals surface area contributed by atoms with Crippen LogP contribution < -0.4 is 0 Å². The Morgan fingerprint density at radius 3 is 2.58 bits per heavy atom. The van der Waals surface area contributed by atoms with Crippen LogP contribution in [0.4, 0.5) is 4.39 Å². The van der Waals surface area contributed by atoms with Crippen LogP contribution in [0.5, 0.6) is 0 Å². The maximum atomic E-state index is 13.0. The molecule has 1 saturated heterocycles. The highest BCUT2D eigenvalue weighted by Crippen LogP contribution is 2.12. The van der Waals surface area contributed by atoms with Gasteiger partial charge in [0, 0.05) is 13.1 Å². The lowest BCUT2D eigenvalue weighted by Crippen LogP contribution is -2.33. The first kappa shape index (κ1) is 14.0. The zero-order chi connectivity index (χ0) is 13.9. The number of benzene rings is 1. The van der Waals surface area contributed by atoms with Gasteiger partial charge in [-0.2, -0.15) is 0 Å². The van der Waals surface area contributed by atoms with Gasteiger partial charge in [-0.3, -0.25) is 4.79 Å². The molecule has 1 fully saturated rings. The average Bonchev–Trinajstić information content (AvgIpc) is 2.80. The molecule has 19 heavy (non-hydrogen) atoms. The molecule has 1 heterocycles. The number of rotatable bonds is 4. The molecule has 0 bridgehead atoms. The SMILES string of the molecule is O=C(CS(=O)(=O)Cc1cccc(F)c1)N1CCCC1. The van der Waals surface area contributed by atoms with Crippen LogP contribution >= 0.6 is 0 Å². The number of carbonyl (C=O) groups is 1. The summed E-state index contributed by atoms with van der Waals surface area (Å²) in [5, 5.41) is 0. The fourth-order valence-electron chi connectivity index (χ4n) is 2.18. The van der Waals surface area contributed by atoms with Crippen molar-refractivity contribution in [2.75, 3.05) is 18.8 Å². The normalized spacial score (nSPS) is 15.7. The van der Waals surface area contributed by atoms with Gasteiger partial charge in [0.2, 0.25) is 5.91 Å². The fourth-order valence-corrected chi connectivity index (χ4v) is 3.53. The molecule has 1 aromatic carbocycles. The minimum absolute atomic E-state index is 0.301. The van der Waals surface area contributed by atoms with Gasteiger partial charge in [-0.15, -0.1) is 0 Å². The Labute approximate surface area is 112 Å². The standard InChI is InChI=1S/C13H16FNO3S/c14-12-5-3-4-11(8-12)9-19(17,18)10-13(16)15-6-1-2-7-15/h3-5,8H,1-2,6-7,9-10H2. The van der Waals surface area contributed by atoms with Gasteiger partial charge in [-0.1, -0.05) is 12.1 Å². The molecule has 0 N–H and O–H groups in total. The first-order valence-corrected chi connectivity index (χ1v) is 8.01. The topological polar surface area (TPSA) is 54.5 Å². The molecule has 0 unspecified atom stereocenters. The summed E-state index contributed by atoms with van der Waals surface area (Å²) < 4.78 is 36.8. The van der Waals surface area contributed by atoms with Crippen LogP contribution in [0.2, 0.25) is 0 Å². The smallest absolute Gasteiger partial charge is 0.237 e. The summed E-state index contributed by atoms with van der Waals surface area (Å²) in [6.07, 6.45) is 1.85. The molecule has 0 aromatic heterocycles. The third-order valence-electron chi connectivity index (χ3n) is 3.08. The third kappa shape index (κ3) is 4.02. The Kier molecular flexibility index (Phi) is 4.19. The Morgan fingerprint density at radius 2 is 1.95 bits per heavy atom. The molecule has 4 nitrogen and oxygen atoms in total. The van der Waals surface area contributed by atoms with E-state index < -0.39 is 21.4 Å². The van der Waals surface area contributed by atoms with E-state index in [4.69, 9.17) is 0 Å². The van der Waals surface area contributed by atoms with Gasteiger partial charge in [0.05, 0.1) is 5.75 Å². The Balaban J connectivity index is 2.00. The van der Waals surface area contributed by atoms with Crippen molar-refractivity contribution < 1.29 is 17.6 Å². The summed E-state index contributed by atoms with van der Waals surface area (Å²) >= 11 is 0. The van der Waals surface area contributed by atoms with E-state index in [2.05, 4.69) is 0 Å². The average molecular weight is 285 g/mol. The van der Waals surface area contributed by atoms with Gasteiger partial charge in [0.25, 0.3) is 0 Å². The molecule has 0 spiro atoms. The van der Waals surface area contributed by atoms with Gasteiger partial charge in [0.1, 0.15) is 11.6 Å². The second kappa shape index (κ2) is 5.69. The van der Waals surface area contributed by atoms with Crippen molar-refractivity contribution in [2.24, 2.45) is 0 Å². The molecule has 1 aliphatic rings. The molecule has 0 atom stereocenters. The predicted molar refractivity (Wildman–Crippen MR) is 69.7 cm³/mol. The molecular weight excluding hydrogens is 269 g/mol. The van der Waals surface area contributed by atoms with Crippen molar-refractivity contribution >= 4 is 15.7 Å². The van der Waals surface area contributed by atoms with Gasteiger partial charge in [0.15, 0.2) is 9.84 Å². The first-order valence-electron chi connectivity index (χ1n) is 6.19. The van der Waals surface area contributed by atoms with Crippen LogP contribution in [-0.2, 0) is 20.4 Å². The molecule has 0 aliphatic carbocycles. The minimum Gasteiger partial charge on any atom is -0.342 e. The van der Waals surface area contributed by atoms with E-state index in [0.717, 1.165) is 12.8 Å². The van der Waals surface area contributed by atoms with Crippen molar-refractivity contribution in [1.82, 2.24) is 4.90 Å². The Bertz CT molecular complexity index is 565. The van der Waals surface area contributed by atoms with Crippen molar-refractivity contribution in [1.29, 1.82) is 0 Å². The summed E-state index contributed by atoms with van der Waals surface area (Å²) in [6, 6.07) is 5.44. The van der Waals surface area contributed by atoms with Crippen LogP contribution in [0.15, 0.2) is 24.3 Å². The number of amides is 1. The Hall–Kier alpha value is -1.43. The first-order chi connectivity index (χ1) is 8.96. The monoisotopic (exact) mass is 285 g/mol. The lowest BCUT2D eigenvalue weighted by Gasteiger charge is -2.15. The molecule has 104 valence electrons. The molecular formula is C13H16FNO3S. The highest BCUT2D eigenvalue weighted by molar-refractivity contribution is 7.91. The lowest BCUT2D eigenvalue weighted by molar-refractivity contribution is -0.127. The van der Waals surface area contributed by atoms with Crippen molar-refractivity contribution in [3.8, 4) is 0 Å². The number of carbonyl (C=O) groups excluding carboxylic acids is 1. The summed E-state index contributed by atoms with van der Waals surface area (Å²) in [5.41, 5.74) is 0.370. The summed E-state index contributed by atoms with van der Waals surface area (Å²) in [5.74, 6) is -1.62. The van der Waals surface area contributed by atoms with Crippen LogP contribution in [-0.4, -0.2) is 38.1 Å². The number of halogens is 1. The second-order valence-corrected chi connectivity index (χ2v) is 6.81.